The first-order valence-electron chi connectivity index (χ1n) is 6.04. The fourth-order valence-corrected chi connectivity index (χ4v) is 3.85. The van der Waals surface area contributed by atoms with Gasteiger partial charge in [-0.05, 0) is 57.1 Å². The highest BCUT2D eigenvalue weighted by atomic mass is 79.9. The number of benzene rings is 1. The van der Waals surface area contributed by atoms with Crippen molar-refractivity contribution in [2.24, 2.45) is 0 Å². The molecule has 0 unspecified atom stereocenters. The number of carbonyl (C=O) groups excluding carboxylic acids is 1. The predicted octanol–water partition coefficient (Wildman–Crippen LogP) is 3.29. The molecule has 1 aromatic carbocycles. The highest BCUT2D eigenvalue weighted by molar-refractivity contribution is 9.10. The van der Waals surface area contributed by atoms with E-state index in [1.807, 2.05) is 28.5 Å². The maximum atomic E-state index is 12.5. The van der Waals surface area contributed by atoms with Gasteiger partial charge in [0.1, 0.15) is 4.88 Å². The number of nitrogen functional groups attached to an aromatic ring is 1. The topological polar surface area (TPSA) is 46.3 Å². The minimum atomic E-state index is 0.0925. The van der Waals surface area contributed by atoms with Gasteiger partial charge in [0.25, 0.3) is 5.91 Å². The van der Waals surface area contributed by atoms with E-state index in [-0.39, 0.29) is 5.91 Å². The molecule has 2 heterocycles. The molecular formula is C14H13BrN2OS. The summed E-state index contributed by atoms with van der Waals surface area (Å²) >= 11 is 4.89. The van der Waals surface area contributed by atoms with E-state index in [9.17, 15) is 4.79 Å². The van der Waals surface area contributed by atoms with Crippen LogP contribution in [-0.4, -0.2) is 17.4 Å². The summed E-state index contributed by atoms with van der Waals surface area (Å²) in [7, 11) is 0. The van der Waals surface area contributed by atoms with Gasteiger partial charge in [-0.1, -0.05) is 6.07 Å². The normalized spacial score (nSPS) is 14.3. The van der Waals surface area contributed by atoms with Crippen molar-refractivity contribution in [3.63, 3.8) is 0 Å². The Labute approximate surface area is 124 Å². The maximum absolute atomic E-state index is 12.5. The van der Waals surface area contributed by atoms with E-state index in [1.165, 1.54) is 16.9 Å². The summed E-state index contributed by atoms with van der Waals surface area (Å²) in [5, 5.41) is 1.92. The molecule has 2 aromatic rings. The van der Waals surface area contributed by atoms with Gasteiger partial charge in [-0.2, -0.15) is 0 Å². The number of halogens is 1. The first kappa shape index (κ1) is 12.7. The molecule has 19 heavy (non-hydrogen) atoms. The largest absolute Gasteiger partial charge is 0.399 e. The number of hydrogen-bond acceptors (Lipinski definition) is 3. The molecule has 0 saturated carbocycles. The molecule has 98 valence electrons. The average molecular weight is 337 g/mol. The Morgan fingerprint density at radius 1 is 1.32 bits per heavy atom. The molecule has 5 heteroatoms. The van der Waals surface area contributed by atoms with E-state index in [0.29, 0.717) is 6.54 Å². The third-order valence-electron chi connectivity index (χ3n) is 3.34. The predicted molar refractivity (Wildman–Crippen MR) is 81.3 cm³/mol. The van der Waals surface area contributed by atoms with Crippen molar-refractivity contribution in [2.75, 3.05) is 12.3 Å². The molecule has 1 aliphatic rings. The number of nitrogens with zero attached hydrogens (tertiary/aromatic N) is 1. The van der Waals surface area contributed by atoms with E-state index in [4.69, 9.17) is 5.73 Å². The zero-order chi connectivity index (χ0) is 13.4. The third-order valence-corrected chi connectivity index (χ3v) is 5.17. The second kappa shape index (κ2) is 4.98. The van der Waals surface area contributed by atoms with E-state index in [1.54, 1.807) is 0 Å². The number of nitrogens with two attached hydrogens (primary N) is 1. The van der Waals surface area contributed by atoms with Crippen LogP contribution in [0.5, 0.6) is 0 Å². The summed E-state index contributed by atoms with van der Waals surface area (Å²) < 4.78 is 0.876. The monoisotopic (exact) mass is 336 g/mol. The van der Waals surface area contributed by atoms with Gasteiger partial charge in [0.15, 0.2) is 0 Å². The Balaban J connectivity index is 1.86. The molecule has 1 aromatic heterocycles. The van der Waals surface area contributed by atoms with Crippen LogP contribution in [0.4, 0.5) is 5.69 Å². The van der Waals surface area contributed by atoms with Crippen LogP contribution in [0.25, 0.3) is 0 Å². The highest BCUT2D eigenvalue weighted by Crippen LogP contribution is 2.27. The van der Waals surface area contributed by atoms with Gasteiger partial charge in [0, 0.05) is 23.2 Å². The summed E-state index contributed by atoms with van der Waals surface area (Å²) in [6.45, 7) is 1.41. The Hall–Kier alpha value is -1.33. The van der Waals surface area contributed by atoms with Gasteiger partial charge in [0.05, 0.1) is 0 Å². The molecule has 0 saturated heterocycles. The number of anilines is 1. The fraction of sp³-hybridized carbons (Fsp3) is 0.214. The van der Waals surface area contributed by atoms with E-state index in [2.05, 4.69) is 22.0 Å². The number of rotatable bonds is 1. The number of amides is 1. The maximum Gasteiger partial charge on any atom is 0.265 e. The lowest BCUT2D eigenvalue weighted by Gasteiger charge is -2.28. The summed E-state index contributed by atoms with van der Waals surface area (Å²) in [6.07, 6.45) is 0.893. The van der Waals surface area contributed by atoms with Crippen molar-refractivity contribution in [1.82, 2.24) is 4.90 Å². The summed E-state index contributed by atoms with van der Waals surface area (Å²) in [4.78, 5) is 15.1. The van der Waals surface area contributed by atoms with Crippen LogP contribution in [-0.2, 0) is 13.0 Å². The molecule has 2 N–H and O–H groups in total. The third kappa shape index (κ3) is 2.40. The average Bonchev–Trinajstić information content (AvgIpc) is 2.83. The van der Waals surface area contributed by atoms with Crippen LogP contribution in [0.15, 0.2) is 34.1 Å². The van der Waals surface area contributed by atoms with Gasteiger partial charge in [-0.25, -0.2) is 0 Å². The minimum Gasteiger partial charge on any atom is -0.399 e. The molecule has 0 fully saturated rings. The van der Waals surface area contributed by atoms with Crippen molar-refractivity contribution in [3.8, 4) is 0 Å². The Kier molecular flexibility index (Phi) is 3.33. The molecule has 0 spiro atoms. The van der Waals surface area contributed by atoms with Crippen LogP contribution in [0.2, 0.25) is 0 Å². The molecule has 1 amide bonds. The number of thiophene rings is 1. The quantitative estimate of drug-likeness (QED) is 0.812. The lowest BCUT2D eigenvalue weighted by atomic mass is 9.99. The van der Waals surface area contributed by atoms with Crippen molar-refractivity contribution >= 4 is 38.9 Å². The molecule has 1 aliphatic heterocycles. The SMILES string of the molecule is Nc1ccc2c(c1)CN(C(=O)c1sccc1Br)CC2. The molecule has 0 radical (unpaired) electrons. The molecule has 0 bridgehead atoms. The van der Waals surface area contributed by atoms with Gasteiger partial charge in [0.2, 0.25) is 0 Å². The lowest BCUT2D eigenvalue weighted by Crippen LogP contribution is -2.35. The Bertz CT molecular complexity index is 638. The minimum absolute atomic E-state index is 0.0925. The van der Waals surface area contributed by atoms with Crippen molar-refractivity contribution < 1.29 is 4.79 Å². The standard InChI is InChI=1S/C14H13BrN2OS/c15-12-4-6-19-13(12)14(18)17-5-3-9-1-2-11(16)7-10(9)8-17/h1-2,4,6-7H,3,5,8,16H2. The highest BCUT2D eigenvalue weighted by Gasteiger charge is 2.23. The van der Waals surface area contributed by atoms with Crippen molar-refractivity contribution in [3.05, 3.63) is 50.1 Å². The van der Waals surface area contributed by atoms with Gasteiger partial charge in [-0.15, -0.1) is 11.3 Å². The van der Waals surface area contributed by atoms with Crippen LogP contribution in [0.1, 0.15) is 20.8 Å². The first-order chi connectivity index (χ1) is 9.15. The van der Waals surface area contributed by atoms with E-state index >= 15 is 0 Å². The fourth-order valence-electron chi connectivity index (χ4n) is 2.34. The molecule has 0 aliphatic carbocycles. The van der Waals surface area contributed by atoms with Crippen LogP contribution < -0.4 is 5.73 Å². The first-order valence-corrected chi connectivity index (χ1v) is 7.72. The van der Waals surface area contributed by atoms with Crippen LogP contribution in [0, 0.1) is 0 Å². The number of hydrogen-bond donors (Lipinski definition) is 1. The second-order valence-corrected chi connectivity index (χ2v) is 6.37. The summed E-state index contributed by atoms with van der Waals surface area (Å²) in [6, 6.07) is 7.87. The smallest absolute Gasteiger partial charge is 0.265 e. The molecule has 0 atom stereocenters. The molecule has 3 nitrogen and oxygen atoms in total. The zero-order valence-corrected chi connectivity index (χ0v) is 12.6. The zero-order valence-electron chi connectivity index (χ0n) is 10.2. The Morgan fingerprint density at radius 2 is 2.16 bits per heavy atom. The molecule has 3 rings (SSSR count). The number of carbonyl (C=O) groups is 1. The van der Waals surface area contributed by atoms with Crippen LogP contribution in [0.3, 0.4) is 0 Å². The van der Waals surface area contributed by atoms with Gasteiger partial charge < -0.3 is 10.6 Å². The van der Waals surface area contributed by atoms with Crippen molar-refractivity contribution in [1.29, 1.82) is 0 Å². The lowest BCUT2D eigenvalue weighted by molar-refractivity contribution is 0.0739. The van der Waals surface area contributed by atoms with Gasteiger partial charge >= 0.3 is 0 Å². The second-order valence-electron chi connectivity index (χ2n) is 4.60. The van der Waals surface area contributed by atoms with Crippen LogP contribution >= 0.6 is 27.3 Å². The summed E-state index contributed by atoms with van der Waals surface area (Å²) in [5.74, 6) is 0.0925. The molecular weight excluding hydrogens is 324 g/mol. The number of fused-ring (bicyclic) bond motifs is 1. The van der Waals surface area contributed by atoms with E-state index < -0.39 is 0 Å². The Morgan fingerprint density at radius 3 is 2.89 bits per heavy atom. The van der Waals surface area contributed by atoms with Crippen molar-refractivity contribution in [2.45, 2.75) is 13.0 Å². The van der Waals surface area contributed by atoms with E-state index in [0.717, 1.165) is 33.6 Å². The van der Waals surface area contributed by atoms with Gasteiger partial charge in [-0.3, -0.25) is 4.79 Å². The summed E-state index contributed by atoms with van der Waals surface area (Å²) in [5.41, 5.74) is 9.02.